The Morgan fingerprint density at radius 2 is 1.78 bits per heavy atom. The predicted molar refractivity (Wildman–Crippen MR) is 107 cm³/mol. The Morgan fingerprint density at radius 1 is 1.07 bits per heavy atom. The van der Waals surface area contributed by atoms with Gasteiger partial charge in [-0.25, -0.2) is 13.6 Å². The SMILES string of the molecule is NS(=O)(=O)c1ccc(N2CCCC(CC(=O)CCc3ccccc3)C2)cc1. The van der Waals surface area contributed by atoms with Gasteiger partial charge >= 0.3 is 0 Å². The normalized spacial score (nSPS) is 17.7. The van der Waals surface area contributed by atoms with E-state index in [2.05, 4.69) is 17.0 Å². The molecule has 1 aliphatic heterocycles. The standard InChI is InChI=1S/C21H26N2O3S/c22-27(25,26)21-12-9-19(10-13-21)23-14-4-7-18(16-23)15-20(24)11-8-17-5-2-1-3-6-17/h1-3,5-6,9-10,12-13,18H,4,7-8,11,14-16H2,(H2,22,25,26). The molecule has 2 N–H and O–H groups in total. The molecule has 0 aromatic heterocycles. The number of Topliss-reactive ketones (excluding diaryl/α,β-unsaturated/α-hetero) is 1. The minimum Gasteiger partial charge on any atom is -0.371 e. The molecule has 0 spiro atoms. The summed E-state index contributed by atoms with van der Waals surface area (Å²) in [7, 11) is -3.67. The topological polar surface area (TPSA) is 80.5 Å². The van der Waals surface area contributed by atoms with E-state index < -0.39 is 10.0 Å². The van der Waals surface area contributed by atoms with Crippen LogP contribution in [0.15, 0.2) is 59.5 Å². The van der Waals surface area contributed by atoms with Crippen LogP contribution in [0.3, 0.4) is 0 Å². The van der Waals surface area contributed by atoms with Gasteiger partial charge in [0.15, 0.2) is 0 Å². The number of carbonyl (C=O) groups excluding carboxylic acids is 1. The molecule has 1 saturated heterocycles. The molecule has 1 heterocycles. The van der Waals surface area contributed by atoms with Crippen molar-refractivity contribution in [1.82, 2.24) is 0 Å². The Bertz CT molecular complexity index is 864. The summed E-state index contributed by atoms with van der Waals surface area (Å²) in [5, 5.41) is 5.15. The van der Waals surface area contributed by atoms with Crippen LogP contribution in [0.2, 0.25) is 0 Å². The third-order valence-corrected chi connectivity index (χ3v) is 6.03. The van der Waals surface area contributed by atoms with Gasteiger partial charge in [-0.05, 0) is 55.0 Å². The van der Waals surface area contributed by atoms with E-state index in [1.54, 1.807) is 24.3 Å². The number of anilines is 1. The third kappa shape index (κ3) is 5.65. The minimum atomic E-state index is -3.67. The molecule has 27 heavy (non-hydrogen) atoms. The van der Waals surface area contributed by atoms with Crippen molar-refractivity contribution in [2.45, 2.75) is 37.0 Å². The van der Waals surface area contributed by atoms with Crippen molar-refractivity contribution in [3.8, 4) is 0 Å². The summed E-state index contributed by atoms with van der Waals surface area (Å²) in [4.78, 5) is 14.7. The second-order valence-electron chi connectivity index (χ2n) is 7.22. The maximum absolute atomic E-state index is 12.4. The first kappa shape index (κ1) is 19.6. The molecule has 2 aromatic rings. The van der Waals surface area contributed by atoms with E-state index in [4.69, 9.17) is 5.14 Å². The van der Waals surface area contributed by atoms with Crippen LogP contribution in [0.5, 0.6) is 0 Å². The molecule has 0 saturated carbocycles. The summed E-state index contributed by atoms with van der Waals surface area (Å²) in [5.74, 6) is 0.662. The van der Waals surface area contributed by atoms with E-state index >= 15 is 0 Å². The fraction of sp³-hybridized carbons (Fsp3) is 0.381. The van der Waals surface area contributed by atoms with Gasteiger partial charge in [-0.1, -0.05) is 30.3 Å². The van der Waals surface area contributed by atoms with E-state index in [1.165, 1.54) is 5.56 Å². The number of aryl methyl sites for hydroxylation is 1. The first-order valence-corrected chi connectivity index (χ1v) is 10.9. The van der Waals surface area contributed by atoms with Gasteiger partial charge in [0, 0.05) is 31.6 Å². The molecular weight excluding hydrogens is 360 g/mol. The second-order valence-corrected chi connectivity index (χ2v) is 8.78. The zero-order chi connectivity index (χ0) is 19.3. The van der Waals surface area contributed by atoms with Crippen LogP contribution < -0.4 is 10.0 Å². The molecule has 1 atom stereocenters. The van der Waals surface area contributed by atoms with Crippen LogP contribution in [-0.4, -0.2) is 27.3 Å². The number of rotatable bonds is 7. The lowest BCUT2D eigenvalue weighted by Gasteiger charge is -2.34. The molecule has 0 aliphatic carbocycles. The number of ketones is 1. The Hall–Kier alpha value is -2.18. The Kier molecular flexibility index (Phi) is 6.29. The lowest BCUT2D eigenvalue weighted by molar-refractivity contribution is -0.120. The smallest absolute Gasteiger partial charge is 0.238 e. The Balaban J connectivity index is 1.53. The fourth-order valence-corrected chi connectivity index (χ4v) is 4.18. The first-order valence-electron chi connectivity index (χ1n) is 9.35. The number of benzene rings is 2. The highest BCUT2D eigenvalue weighted by molar-refractivity contribution is 7.89. The second kappa shape index (κ2) is 8.67. The summed E-state index contributed by atoms with van der Waals surface area (Å²) < 4.78 is 22.8. The predicted octanol–water partition coefficient (Wildman–Crippen LogP) is 3.14. The molecule has 0 bridgehead atoms. The number of nitrogens with two attached hydrogens (primary N) is 1. The highest BCUT2D eigenvalue weighted by Crippen LogP contribution is 2.26. The summed E-state index contributed by atoms with van der Waals surface area (Å²) in [6.07, 6.45) is 4.09. The molecule has 3 rings (SSSR count). The maximum atomic E-state index is 12.4. The Morgan fingerprint density at radius 3 is 2.44 bits per heavy atom. The van der Waals surface area contributed by atoms with Gasteiger partial charge in [-0.3, -0.25) is 4.79 Å². The van der Waals surface area contributed by atoms with Crippen molar-refractivity contribution in [2.75, 3.05) is 18.0 Å². The van der Waals surface area contributed by atoms with Crippen LogP contribution in [0.25, 0.3) is 0 Å². The average Bonchev–Trinajstić information content (AvgIpc) is 2.67. The highest BCUT2D eigenvalue weighted by atomic mass is 32.2. The molecule has 2 aromatic carbocycles. The van der Waals surface area contributed by atoms with E-state index in [0.717, 1.165) is 38.0 Å². The van der Waals surface area contributed by atoms with Crippen molar-refractivity contribution in [3.05, 3.63) is 60.2 Å². The summed E-state index contributed by atoms with van der Waals surface area (Å²) in [5.41, 5.74) is 2.18. The molecule has 0 amide bonds. The molecule has 6 heteroatoms. The quantitative estimate of drug-likeness (QED) is 0.793. The highest BCUT2D eigenvalue weighted by Gasteiger charge is 2.22. The van der Waals surface area contributed by atoms with E-state index in [9.17, 15) is 13.2 Å². The summed E-state index contributed by atoms with van der Waals surface area (Å²) in [6.45, 7) is 1.75. The maximum Gasteiger partial charge on any atom is 0.238 e. The van der Waals surface area contributed by atoms with Gasteiger partial charge in [0.25, 0.3) is 0 Å². The van der Waals surface area contributed by atoms with Crippen molar-refractivity contribution in [3.63, 3.8) is 0 Å². The van der Waals surface area contributed by atoms with Crippen molar-refractivity contribution < 1.29 is 13.2 Å². The van der Waals surface area contributed by atoms with Gasteiger partial charge in [0.05, 0.1) is 4.90 Å². The lowest BCUT2D eigenvalue weighted by Crippen LogP contribution is -2.36. The van der Waals surface area contributed by atoms with Crippen LogP contribution in [0, 0.1) is 5.92 Å². The molecule has 144 valence electrons. The number of piperidine rings is 1. The fourth-order valence-electron chi connectivity index (χ4n) is 3.67. The Labute approximate surface area is 161 Å². The van der Waals surface area contributed by atoms with Gasteiger partial charge in [-0.15, -0.1) is 0 Å². The largest absolute Gasteiger partial charge is 0.371 e. The van der Waals surface area contributed by atoms with E-state index in [0.29, 0.717) is 24.5 Å². The van der Waals surface area contributed by atoms with Gasteiger partial charge in [0.1, 0.15) is 5.78 Å². The average molecular weight is 387 g/mol. The van der Waals surface area contributed by atoms with Crippen molar-refractivity contribution in [2.24, 2.45) is 11.1 Å². The number of carbonyl (C=O) groups is 1. The number of sulfonamides is 1. The van der Waals surface area contributed by atoms with Crippen LogP contribution in [0.1, 0.15) is 31.2 Å². The third-order valence-electron chi connectivity index (χ3n) is 5.10. The van der Waals surface area contributed by atoms with Gasteiger partial charge in [0.2, 0.25) is 10.0 Å². The monoisotopic (exact) mass is 386 g/mol. The van der Waals surface area contributed by atoms with Gasteiger partial charge < -0.3 is 4.90 Å². The zero-order valence-corrected chi connectivity index (χ0v) is 16.2. The van der Waals surface area contributed by atoms with Crippen molar-refractivity contribution >= 4 is 21.5 Å². The molecule has 5 nitrogen and oxygen atoms in total. The summed E-state index contributed by atoms with van der Waals surface area (Å²) >= 11 is 0. The summed E-state index contributed by atoms with van der Waals surface area (Å²) in [6, 6.07) is 16.8. The number of primary sulfonamides is 1. The molecular formula is C21H26N2O3S. The lowest BCUT2D eigenvalue weighted by atomic mass is 9.91. The molecule has 1 aliphatic rings. The zero-order valence-electron chi connectivity index (χ0n) is 15.4. The van der Waals surface area contributed by atoms with Crippen molar-refractivity contribution in [1.29, 1.82) is 0 Å². The van der Waals surface area contributed by atoms with Crippen LogP contribution >= 0.6 is 0 Å². The molecule has 0 radical (unpaired) electrons. The first-order chi connectivity index (χ1) is 12.9. The minimum absolute atomic E-state index is 0.121. The van der Waals surface area contributed by atoms with Gasteiger partial charge in [-0.2, -0.15) is 0 Å². The number of hydrogen-bond donors (Lipinski definition) is 1. The van der Waals surface area contributed by atoms with Crippen LogP contribution in [0.4, 0.5) is 5.69 Å². The molecule has 1 unspecified atom stereocenters. The molecule has 1 fully saturated rings. The number of nitrogens with zero attached hydrogens (tertiary/aromatic N) is 1. The van der Waals surface area contributed by atoms with E-state index in [-0.39, 0.29) is 4.90 Å². The number of hydrogen-bond acceptors (Lipinski definition) is 4. The van der Waals surface area contributed by atoms with E-state index in [1.807, 2.05) is 18.2 Å². The van der Waals surface area contributed by atoms with Crippen LogP contribution in [-0.2, 0) is 21.2 Å².